The molecule has 1 fully saturated rings. The Morgan fingerprint density at radius 3 is 2.92 bits per heavy atom. The van der Waals surface area contributed by atoms with Crippen LogP contribution in [-0.4, -0.2) is 17.1 Å². The number of aromatic nitrogens is 1. The standard InChI is InChI=1S/C10H15N3/c1-8-3-2-6-12-9(8)13-10(7-11)4-5-10/h2-3,6H,4-5,7,11H2,1H3,(H,12,13). The van der Waals surface area contributed by atoms with Gasteiger partial charge >= 0.3 is 0 Å². The molecule has 0 atom stereocenters. The van der Waals surface area contributed by atoms with E-state index < -0.39 is 0 Å². The third kappa shape index (κ3) is 1.65. The molecule has 0 unspecified atom stereocenters. The summed E-state index contributed by atoms with van der Waals surface area (Å²) >= 11 is 0. The minimum Gasteiger partial charge on any atom is -0.363 e. The summed E-state index contributed by atoms with van der Waals surface area (Å²) in [6.45, 7) is 2.75. The SMILES string of the molecule is Cc1cccnc1NC1(CN)CC1. The molecule has 1 aromatic rings. The molecular weight excluding hydrogens is 162 g/mol. The van der Waals surface area contributed by atoms with Gasteiger partial charge in [-0.2, -0.15) is 0 Å². The van der Waals surface area contributed by atoms with Crippen LogP contribution in [0.25, 0.3) is 0 Å². The number of anilines is 1. The molecule has 0 radical (unpaired) electrons. The summed E-state index contributed by atoms with van der Waals surface area (Å²) in [5.41, 5.74) is 7.01. The predicted molar refractivity (Wildman–Crippen MR) is 53.6 cm³/mol. The Bertz CT molecular complexity index is 305. The smallest absolute Gasteiger partial charge is 0.129 e. The van der Waals surface area contributed by atoms with Crippen LogP contribution < -0.4 is 11.1 Å². The summed E-state index contributed by atoms with van der Waals surface area (Å²) < 4.78 is 0. The second-order valence-electron chi connectivity index (χ2n) is 3.78. The number of hydrogen-bond acceptors (Lipinski definition) is 3. The number of nitrogens with one attached hydrogen (secondary N) is 1. The molecule has 1 saturated carbocycles. The van der Waals surface area contributed by atoms with Crippen LogP contribution in [-0.2, 0) is 0 Å². The van der Waals surface area contributed by atoms with Gasteiger partial charge in [-0.3, -0.25) is 0 Å². The number of nitrogens with zero attached hydrogens (tertiary/aromatic N) is 1. The average Bonchev–Trinajstić information content (AvgIpc) is 2.90. The zero-order valence-corrected chi connectivity index (χ0v) is 7.88. The third-order valence-corrected chi connectivity index (χ3v) is 2.64. The molecule has 0 aliphatic heterocycles. The summed E-state index contributed by atoms with van der Waals surface area (Å²) in [6, 6.07) is 4.00. The lowest BCUT2D eigenvalue weighted by Crippen LogP contribution is -2.31. The first-order chi connectivity index (χ1) is 6.26. The molecule has 3 N–H and O–H groups in total. The normalized spacial score (nSPS) is 18.3. The molecule has 13 heavy (non-hydrogen) atoms. The molecule has 2 rings (SSSR count). The molecule has 1 aliphatic carbocycles. The van der Waals surface area contributed by atoms with Crippen molar-refractivity contribution >= 4 is 5.82 Å². The van der Waals surface area contributed by atoms with E-state index in [0.29, 0.717) is 6.54 Å². The molecule has 3 nitrogen and oxygen atoms in total. The van der Waals surface area contributed by atoms with E-state index in [4.69, 9.17) is 5.73 Å². The van der Waals surface area contributed by atoms with Crippen molar-refractivity contribution in [2.24, 2.45) is 5.73 Å². The molecule has 1 heterocycles. The second kappa shape index (κ2) is 3.00. The Morgan fingerprint density at radius 1 is 1.62 bits per heavy atom. The fourth-order valence-electron chi connectivity index (χ4n) is 1.40. The van der Waals surface area contributed by atoms with E-state index in [0.717, 1.165) is 5.82 Å². The first kappa shape index (κ1) is 8.51. The largest absolute Gasteiger partial charge is 0.363 e. The monoisotopic (exact) mass is 177 g/mol. The van der Waals surface area contributed by atoms with Crippen LogP contribution in [0.5, 0.6) is 0 Å². The number of pyridine rings is 1. The molecule has 70 valence electrons. The molecular formula is C10H15N3. The zero-order chi connectivity index (χ0) is 9.31. The molecule has 0 aromatic carbocycles. The lowest BCUT2D eigenvalue weighted by molar-refractivity contribution is 0.736. The summed E-state index contributed by atoms with van der Waals surface area (Å²) in [5, 5.41) is 3.41. The van der Waals surface area contributed by atoms with Crippen LogP contribution in [0.3, 0.4) is 0 Å². The summed E-state index contributed by atoms with van der Waals surface area (Å²) in [7, 11) is 0. The van der Waals surface area contributed by atoms with E-state index in [1.165, 1.54) is 18.4 Å². The van der Waals surface area contributed by atoms with Crippen molar-refractivity contribution in [2.45, 2.75) is 25.3 Å². The van der Waals surface area contributed by atoms with E-state index in [-0.39, 0.29) is 5.54 Å². The van der Waals surface area contributed by atoms with E-state index in [2.05, 4.69) is 23.3 Å². The van der Waals surface area contributed by atoms with Crippen LogP contribution >= 0.6 is 0 Å². The van der Waals surface area contributed by atoms with Crippen LogP contribution in [0.2, 0.25) is 0 Å². The highest BCUT2D eigenvalue weighted by atomic mass is 15.1. The Labute approximate surface area is 78.4 Å². The van der Waals surface area contributed by atoms with E-state index >= 15 is 0 Å². The highest BCUT2D eigenvalue weighted by molar-refractivity contribution is 5.47. The summed E-state index contributed by atoms with van der Waals surface area (Å²) in [6.07, 6.45) is 4.14. The number of nitrogens with two attached hydrogens (primary N) is 1. The molecule has 0 saturated heterocycles. The van der Waals surface area contributed by atoms with Gasteiger partial charge in [0, 0.05) is 12.7 Å². The Morgan fingerprint density at radius 2 is 2.38 bits per heavy atom. The predicted octanol–water partition coefficient (Wildman–Crippen LogP) is 1.29. The Hall–Kier alpha value is -1.09. The van der Waals surface area contributed by atoms with Gasteiger partial charge in [0.1, 0.15) is 5.82 Å². The van der Waals surface area contributed by atoms with Gasteiger partial charge in [0.25, 0.3) is 0 Å². The summed E-state index contributed by atoms with van der Waals surface area (Å²) in [4.78, 5) is 4.28. The van der Waals surface area contributed by atoms with Gasteiger partial charge in [-0.15, -0.1) is 0 Å². The second-order valence-corrected chi connectivity index (χ2v) is 3.78. The minimum atomic E-state index is 0.152. The number of hydrogen-bond donors (Lipinski definition) is 2. The van der Waals surface area contributed by atoms with Gasteiger partial charge in [-0.1, -0.05) is 6.07 Å². The number of rotatable bonds is 3. The first-order valence-corrected chi connectivity index (χ1v) is 4.66. The lowest BCUT2D eigenvalue weighted by Gasteiger charge is -2.16. The van der Waals surface area contributed by atoms with E-state index in [1.807, 2.05) is 12.3 Å². The minimum absolute atomic E-state index is 0.152. The van der Waals surface area contributed by atoms with Gasteiger partial charge < -0.3 is 11.1 Å². The number of aryl methyl sites for hydroxylation is 1. The maximum Gasteiger partial charge on any atom is 0.129 e. The van der Waals surface area contributed by atoms with Crippen molar-refractivity contribution in [1.82, 2.24) is 4.98 Å². The van der Waals surface area contributed by atoms with Crippen molar-refractivity contribution in [2.75, 3.05) is 11.9 Å². The first-order valence-electron chi connectivity index (χ1n) is 4.66. The third-order valence-electron chi connectivity index (χ3n) is 2.64. The van der Waals surface area contributed by atoms with Gasteiger partial charge in [0.05, 0.1) is 5.54 Å². The fourth-order valence-corrected chi connectivity index (χ4v) is 1.40. The fraction of sp³-hybridized carbons (Fsp3) is 0.500. The highest BCUT2D eigenvalue weighted by Gasteiger charge is 2.41. The van der Waals surface area contributed by atoms with Crippen molar-refractivity contribution in [3.05, 3.63) is 23.9 Å². The van der Waals surface area contributed by atoms with Gasteiger partial charge in [-0.05, 0) is 31.4 Å². The summed E-state index contributed by atoms with van der Waals surface area (Å²) in [5.74, 6) is 0.977. The quantitative estimate of drug-likeness (QED) is 0.731. The van der Waals surface area contributed by atoms with Crippen molar-refractivity contribution in [3.63, 3.8) is 0 Å². The zero-order valence-electron chi connectivity index (χ0n) is 7.88. The Balaban J connectivity index is 2.14. The van der Waals surface area contributed by atoms with Gasteiger partial charge in [-0.25, -0.2) is 4.98 Å². The van der Waals surface area contributed by atoms with Crippen LogP contribution in [0.1, 0.15) is 18.4 Å². The highest BCUT2D eigenvalue weighted by Crippen LogP contribution is 2.37. The van der Waals surface area contributed by atoms with Crippen LogP contribution in [0.4, 0.5) is 5.82 Å². The molecule has 0 spiro atoms. The molecule has 0 amide bonds. The molecule has 1 aromatic heterocycles. The Kier molecular flexibility index (Phi) is 1.96. The van der Waals surface area contributed by atoms with E-state index in [1.54, 1.807) is 0 Å². The van der Waals surface area contributed by atoms with Crippen molar-refractivity contribution < 1.29 is 0 Å². The molecule has 3 heteroatoms. The van der Waals surface area contributed by atoms with Crippen molar-refractivity contribution in [1.29, 1.82) is 0 Å². The van der Waals surface area contributed by atoms with Gasteiger partial charge in [0.2, 0.25) is 0 Å². The van der Waals surface area contributed by atoms with Crippen LogP contribution in [0, 0.1) is 6.92 Å². The molecule has 0 bridgehead atoms. The average molecular weight is 177 g/mol. The molecule has 1 aliphatic rings. The van der Waals surface area contributed by atoms with Crippen LogP contribution in [0.15, 0.2) is 18.3 Å². The topological polar surface area (TPSA) is 50.9 Å². The maximum absolute atomic E-state index is 5.68. The van der Waals surface area contributed by atoms with Gasteiger partial charge in [0.15, 0.2) is 0 Å². The lowest BCUT2D eigenvalue weighted by atomic mass is 10.2. The van der Waals surface area contributed by atoms with Crippen molar-refractivity contribution in [3.8, 4) is 0 Å². The van der Waals surface area contributed by atoms with E-state index in [9.17, 15) is 0 Å². The maximum atomic E-state index is 5.68.